The number of pyridine rings is 1. The van der Waals surface area contributed by atoms with E-state index in [1.807, 2.05) is 36.4 Å². The first kappa shape index (κ1) is 20.4. The molecule has 1 heterocycles. The lowest BCUT2D eigenvalue weighted by atomic mass is 10.1. The van der Waals surface area contributed by atoms with Crippen molar-refractivity contribution < 1.29 is 5.11 Å². The second-order valence-corrected chi connectivity index (χ2v) is 6.36. The number of benzene rings is 2. The minimum atomic E-state index is -0.558. The summed E-state index contributed by atoms with van der Waals surface area (Å²) >= 11 is 0. The molecule has 0 unspecified atom stereocenters. The topological polar surface area (TPSA) is 103 Å². The first-order valence-corrected chi connectivity index (χ1v) is 9.13. The Kier molecular flexibility index (Phi) is 6.30. The lowest BCUT2D eigenvalue weighted by Crippen LogP contribution is -2.24. The molecule has 0 radical (unpaired) electrons. The molecule has 2 aromatic carbocycles. The molecule has 0 bridgehead atoms. The van der Waals surface area contributed by atoms with Crippen LogP contribution < -0.4 is 5.56 Å². The SMILES string of the molecule is C=CCn1c(O)c(C=Nc2ccc(N=Nc3ccccc3)cc2)c(C)c(C#N)c1=O. The van der Waals surface area contributed by atoms with Gasteiger partial charge in [0, 0.05) is 12.8 Å². The van der Waals surface area contributed by atoms with Crippen LogP contribution in [0.3, 0.4) is 0 Å². The van der Waals surface area contributed by atoms with Gasteiger partial charge in [-0.05, 0) is 48.9 Å². The first-order valence-electron chi connectivity index (χ1n) is 9.13. The summed E-state index contributed by atoms with van der Waals surface area (Å²) in [5.74, 6) is -0.256. The van der Waals surface area contributed by atoms with E-state index in [1.54, 1.807) is 31.2 Å². The van der Waals surface area contributed by atoms with Crippen molar-refractivity contribution in [2.24, 2.45) is 15.2 Å². The fourth-order valence-electron chi connectivity index (χ4n) is 2.78. The van der Waals surface area contributed by atoms with Crippen LogP contribution in [-0.4, -0.2) is 15.9 Å². The average molecular weight is 397 g/mol. The maximum Gasteiger partial charge on any atom is 0.271 e. The summed E-state index contributed by atoms with van der Waals surface area (Å²) in [6, 6.07) is 18.4. The Hall–Kier alpha value is -4.31. The van der Waals surface area contributed by atoms with Crippen molar-refractivity contribution in [3.05, 3.63) is 94.3 Å². The summed E-state index contributed by atoms with van der Waals surface area (Å²) in [6.07, 6.45) is 2.91. The summed E-state index contributed by atoms with van der Waals surface area (Å²) in [6.45, 7) is 5.27. The molecule has 0 amide bonds. The van der Waals surface area contributed by atoms with E-state index >= 15 is 0 Å². The number of rotatable bonds is 6. The highest BCUT2D eigenvalue weighted by atomic mass is 16.3. The summed E-state index contributed by atoms with van der Waals surface area (Å²) in [4.78, 5) is 16.7. The molecule has 0 fully saturated rings. The largest absolute Gasteiger partial charge is 0.494 e. The highest BCUT2D eigenvalue weighted by Gasteiger charge is 2.17. The Morgan fingerprint density at radius 1 is 1.07 bits per heavy atom. The third kappa shape index (κ3) is 4.39. The van der Waals surface area contributed by atoms with Crippen LogP contribution in [0.2, 0.25) is 0 Å². The van der Waals surface area contributed by atoms with Crippen LogP contribution in [0.1, 0.15) is 16.7 Å². The molecular formula is C23H19N5O2. The summed E-state index contributed by atoms with van der Waals surface area (Å²) in [5.41, 5.74) is 2.13. The number of nitriles is 1. The van der Waals surface area contributed by atoms with Gasteiger partial charge in [-0.2, -0.15) is 15.5 Å². The van der Waals surface area contributed by atoms with Crippen LogP contribution in [0.4, 0.5) is 17.1 Å². The zero-order valence-electron chi connectivity index (χ0n) is 16.4. The first-order chi connectivity index (χ1) is 14.5. The molecule has 0 aliphatic carbocycles. The van der Waals surface area contributed by atoms with Crippen LogP contribution in [0, 0.1) is 18.3 Å². The Balaban J connectivity index is 1.88. The van der Waals surface area contributed by atoms with Gasteiger partial charge in [0.2, 0.25) is 5.88 Å². The van der Waals surface area contributed by atoms with Gasteiger partial charge in [0.1, 0.15) is 11.6 Å². The average Bonchev–Trinajstić information content (AvgIpc) is 2.77. The van der Waals surface area contributed by atoms with Crippen molar-refractivity contribution in [3.63, 3.8) is 0 Å². The zero-order chi connectivity index (χ0) is 21.5. The summed E-state index contributed by atoms with van der Waals surface area (Å²) in [5, 5.41) is 28.1. The van der Waals surface area contributed by atoms with Crippen LogP contribution in [0.15, 0.2) is 87.3 Å². The van der Waals surface area contributed by atoms with Crippen LogP contribution in [0.25, 0.3) is 0 Å². The van der Waals surface area contributed by atoms with E-state index in [4.69, 9.17) is 0 Å². The molecule has 0 aliphatic rings. The Labute approximate surface area is 173 Å². The third-order valence-electron chi connectivity index (χ3n) is 4.39. The van der Waals surface area contributed by atoms with Crippen molar-refractivity contribution >= 4 is 23.3 Å². The molecule has 0 spiro atoms. The number of aromatic nitrogens is 1. The Morgan fingerprint density at radius 2 is 1.67 bits per heavy atom. The van der Waals surface area contributed by atoms with E-state index in [1.165, 1.54) is 12.3 Å². The predicted octanol–water partition coefficient (Wildman–Crippen LogP) is 5.09. The van der Waals surface area contributed by atoms with Crippen molar-refractivity contribution in [2.45, 2.75) is 13.5 Å². The monoisotopic (exact) mass is 397 g/mol. The van der Waals surface area contributed by atoms with E-state index in [2.05, 4.69) is 21.8 Å². The van der Waals surface area contributed by atoms with Crippen molar-refractivity contribution in [1.82, 2.24) is 4.57 Å². The molecule has 0 atom stereocenters. The molecule has 0 saturated carbocycles. The molecule has 1 aromatic heterocycles. The molecule has 7 nitrogen and oxygen atoms in total. The molecule has 3 rings (SSSR count). The van der Waals surface area contributed by atoms with Gasteiger partial charge < -0.3 is 5.11 Å². The number of azo groups is 1. The van der Waals surface area contributed by atoms with E-state index in [0.717, 1.165) is 10.3 Å². The number of hydrogen-bond donors (Lipinski definition) is 1. The van der Waals surface area contributed by atoms with Gasteiger partial charge in [0.25, 0.3) is 5.56 Å². The van der Waals surface area contributed by atoms with Crippen LogP contribution >= 0.6 is 0 Å². The molecular weight excluding hydrogens is 378 g/mol. The molecule has 148 valence electrons. The third-order valence-corrected chi connectivity index (χ3v) is 4.39. The second-order valence-electron chi connectivity index (χ2n) is 6.36. The van der Waals surface area contributed by atoms with Gasteiger partial charge in [-0.3, -0.25) is 14.4 Å². The number of aromatic hydroxyl groups is 1. The zero-order valence-corrected chi connectivity index (χ0v) is 16.4. The van der Waals surface area contributed by atoms with Gasteiger partial charge in [0.05, 0.1) is 22.6 Å². The second kappa shape index (κ2) is 9.26. The van der Waals surface area contributed by atoms with E-state index in [9.17, 15) is 15.2 Å². The van der Waals surface area contributed by atoms with E-state index in [-0.39, 0.29) is 18.0 Å². The minimum absolute atomic E-state index is 0.0345. The van der Waals surface area contributed by atoms with Gasteiger partial charge in [-0.15, -0.1) is 6.58 Å². The van der Waals surface area contributed by atoms with Crippen LogP contribution in [0.5, 0.6) is 5.88 Å². The summed E-state index contributed by atoms with van der Waals surface area (Å²) in [7, 11) is 0. The Bertz CT molecular complexity index is 1220. The quantitative estimate of drug-likeness (QED) is 0.356. The normalized spacial score (nSPS) is 11.1. The standard InChI is InChI=1S/C23H19N5O2/c1-3-13-28-22(29)20(14-24)16(2)21(23(28)30)15-25-17-9-11-19(12-10-17)27-26-18-7-5-4-6-8-18/h3-12,15,30H,1,13H2,2H3. The van der Waals surface area contributed by atoms with Crippen molar-refractivity contribution in [3.8, 4) is 11.9 Å². The van der Waals surface area contributed by atoms with E-state index in [0.29, 0.717) is 22.5 Å². The molecule has 0 saturated heterocycles. The summed E-state index contributed by atoms with van der Waals surface area (Å²) < 4.78 is 1.09. The van der Waals surface area contributed by atoms with Crippen LogP contribution in [-0.2, 0) is 6.54 Å². The lowest BCUT2D eigenvalue weighted by molar-refractivity contribution is 0.414. The highest BCUT2D eigenvalue weighted by molar-refractivity contribution is 5.87. The smallest absolute Gasteiger partial charge is 0.271 e. The minimum Gasteiger partial charge on any atom is -0.494 e. The fraction of sp³-hybridized carbons (Fsp3) is 0.0870. The molecule has 1 N–H and O–H groups in total. The predicted molar refractivity (Wildman–Crippen MR) is 116 cm³/mol. The highest BCUT2D eigenvalue weighted by Crippen LogP contribution is 2.23. The van der Waals surface area contributed by atoms with Gasteiger partial charge >= 0.3 is 0 Å². The fourth-order valence-corrected chi connectivity index (χ4v) is 2.78. The number of aliphatic imine (C=N–C) groups is 1. The number of allylic oxidation sites excluding steroid dienone is 1. The molecule has 0 aliphatic heterocycles. The molecule has 30 heavy (non-hydrogen) atoms. The number of hydrogen-bond acceptors (Lipinski definition) is 6. The Morgan fingerprint density at radius 3 is 2.27 bits per heavy atom. The van der Waals surface area contributed by atoms with Gasteiger partial charge in [-0.1, -0.05) is 24.3 Å². The molecule has 7 heteroatoms. The lowest BCUT2D eigenvalue weighted by Gasteiger charge is -2.12. The molecule has 3 aromatic rings. The van der Waals surface area contributed by atoms with Crippen molar-refractivity contribution in [1.29, 1.82) is 5.26 Å². The van der Waals surface area contributed by atoms with Gasteiger partial charge in [-0.25, -0.2) is 0 Å². The number of nitrogens with zero attached hydrogens (tertiary/aromatic N) is 5. The maximum absolute atomic E-state index is 12.3. The van der Waals surface area contributed by atoms with E-state index < -0.39 is 5.56 Å². The van der Waals surface area contributed by atoms with Crippen molar-refractivity contribution in [2.75, 3.05) is 0 Å². The maximum atomic E-state index is 12.3. The van der Waals surface area contributed by atoms with Gasteiger partial charge in [0.15, 0.2) is 0 Å².